The van der Waals surface area contributed by atoms with Crippen LogP contribution in [0.25, 0.3) is 55.3 Å². The third-order valence-electron chi connectivity index (χ3n) is 6.14. The number of thiophene rings is 1. The van der Waals surface area contributed by atoms with Crippen LogP contribution in [0.3, 0.4) is 0 Å². The third-order valence-corrected chi connectivity index (χ3v) is 7.05. The first kappa shape index (κ1) is 20.2. The van der Waals surface area contributed by atoms with E-state index in [1.165, 1.54) is 6.07 Å². The van der Waals surface area contributed by atoms with Gasteiger partial charge >= 0.3 is 0 Å². The zero-order valence-corrected chi connectivity index (χ0v) is 19.1. The fourth-order valence-electron chi connectivity index (χ4n) is 4.37. The first-order chi connectivity index (χ1) is 17.1. The number of nitrogens with zero attached hydrogens (tertiary/aromatic N) is 6. The lowest BCUT2D eigenvalue weighted by atomic mass is 10.1. The molecule has 0 aliphatic carbocycles. The number of halogens is 1. The number of pyridine rings is 1. The highest BCUT2D eigenvalue weighted by Gasteiger charge is 2.25. The molecule has 0 radical (unpaired) electrons. The Morgan fingerprint density at radius 2 is 1.94 bits per heavy atom. The predicted octanol–water partition coefficient (Wildman–Crippen LogP) is 3.97. The van der Waals surface area contributed by atoms with Crippen molar-refractivity contribution in [2.24, 2.45) is 5.73 Å². The molecule has 9 nitrogen and oxygen atoms in total. The fraction of sp³-hybridized carbons (Fsp3) is 0.125. The van der Waals surface area contributed by atoms with Crippen LogP contribution in [0.1, 0.15) is 0 Å². The second-order valence-electron chi connectivity index (χ2n) is 8.51. The first-order valence-electron chi connectivity index (χ1n) is 11.0. The molecule has 6 heterocycles. The van der Waals surface area contributed by atoms with Crippen molar-refractivity contribution in [1.82, 2.24) is 35.1 Å². The lowest BCUT2D eigenvalue weighted by molar-refractivity contribution is 0.514. The lowest BCUT2D eigenvalue weighted by Crippen LogP contribution is -2.56. The van der Waals surface area contributed by atoms with Crippen LogP contribution in [0, 0.1) is 5.13 Å². The number of para-hydroxylation sites is 1. The zero-order chi connectivity index (χ0) is 23.5. The minimum atomic E-state index is -0.227. The van der Waals surface area contributed by atoms with Crippen LogP contribution in [0.2, 0.25) is 0 Å². The van der Waals surface area contributed by atoms with Gasteiger partial charge in [0.2, 0.25) is 0 Å². The minimum absolute atomic E-state index is 0.173. The molecule has 0 spiro atoms. The number of nitrogens with one attached hydrogen (secondary N) is 2. The van der Waals surface area contributed by atoms with Gasteiger partial charge in [0, 0.05) is 35.0 Å². The van der Waals surface area contributed by atoms with Crippen molar-refractivity contribution in [2.45, 2.75) is 6.04 Å². The minimum Gasteiger partial charge on any atom is -0.352 e. The van der Waals surface area contributed by atoms with Gasteiger partial charge in [0.25, 0.3) is 0 Å². The van der Waals surface area contributed by atoms with Gasteiger partial charge in [-0.15, -0.1) is 11.3 Å². The number of fused-ring (bicyclic) bond motifs is 2. The molecule has 35 heavy (non-hydrogen) atoms. The molecule has 1 fully saturated rings. The van der Waals surface area contributed by atoms with Crippen LogP contribution in [0.5, 0.6) is 0 Å². The summed E-state index contributed by atoms with van der Waals surface area (Å²) in [4.78, 5) is 24.8. The second-order valence-corrected chi connectivity index (χ2v) is 9.54. The summed E-state index contributed by atoms with van der Waals surface area (Å²) in [7, 11) is 0. The quantitative estimate of drug-likeness (QED) is 0.346. The molecule has 0 bridgehead atoms. The number of nitrogens with two attached hydrogens (primary N) is 1. The number of anilines is 1. The predicted molar refractivity (Wildman–Crippen MR) is 133 cm³/mol. The van der Waals surface area contributed by atoms with Crippen molar-refractivity contribution in [3.8, 4) is 33.3 Å². The average Bonchev–Trinajstić information content (AvgIpc) is 3.59. The Morgan fingerprint density at radius 3 is 2.77 bits per heavy atom. The van der Waals surface area contributed by atoms with Crippen LogP contribution in [0.15, 0.2) is 55.0 Å². The van der Waals surface area contributed by atoms with E-state index in [-0.39, 0.29) is 11.2 Å². The van der Waals surface area contributed by atoms with Crippen LogP contribution >= 0.6 is 11.3 Å². The Kier molecular flexibility index (Phi) is 4.41. The molecule has 1 aliphatic heterocycles. The Hall–Kier alpha value is -4.22. The average molecular weight is 484 g/mol. The Morgan fingerprint density at radius 1 is 1.03 bits per heavy atom. The van der Waals surface area contributed by atoms with Gasteiger partial charge in [-0.05, 0) is 24.3 Å². The van der Waals surface area contributed by atoms with Crippen LogP contribution in [-0.4, -0.2) is 54.2 Å². The normalized spacial score (nSPS) is 14.2. The van der Waals surface area contributed by atoms with Gasteiger partial charge in [-0.3, -0.25) is 15.1 Å². The van der Waals surface area contributed by atoms with Gasteiger partial charge < -0.3 is 15.6 Å². The molecule has 0 atom stereocenters. The van der Waals surface area contributed by atoms with Gasteiger partial charge in [-0.25, -0.2) is 9.97 Å². The number of hydrogen-bond acceptors (Lipinski definition) is 8. The molecule has 6 aromatic rings. The maximum Gasteiger partial charge on any atom is 0.176 e. The smallest absolute Gasteiger partial charge is 0.176 e. The summed E-state index contributed by atoms with van der Waals surface area (Å²) in [6, 6.07) is 11.2. The summed E-state index contributed by atoms with van der Waals surface area (Å²) in [6.45, 7) is 1.53. The fourth-order valence-corrected chi connectivity index (χ4v) is 5.13. The van der Waals surface area contributed by atoms with Crippen molar-refractivity contribution in [2.75, 3.05) is 18.0 Å². The maximum atomic E-state index is 13.7. The molecule has 1 saturated heterocycles. The van der Waals surface area contributed by atoms with E-state index in [1.807, 2.05) is 24.3 Å². The molecule has 172 valence electrons. The van der Waals surface area contributed by atoms with Gasteiger partial charge in [-0.1, -0.05) is 12.1 Å². The highest BCUT2D eigenvalue weighted by molar-refractivity contribution is 7.14. The summed E-state index contributed by atoms with van der Waals surface area (Å²) in [5.41, 5.74) is 11.2. The third kappa shape index (κ3) is 3.35. The second kappa shape index (κ2) is 7.65. The van der Waals surface area contributed by atoms with Crippen LogP contribution < -0.4 is 10.6 Å². The van der Waals surface area contributed by atoms with Crippen LogP contribution in [0.4, 0.5) is 10.2 Å². The molecule has 1 aromatic carbocycles. The highest BCUT2D eigenvalue weighted by atomic mass is 32.1. The van der Waals surface area contributed by atoms with Crippen molar-refractivity contribution < 1.29 is 4.39 Å². The van der Waals surface area contributed by atoms with Gasteiger partial charge in [0.05, 0.1) is 40.8 Å². The number of hydrogen-bond donors (Lipinski definition) is 3. The van der Waals surface area contributed by atoms with Crippen LogP contribution in [-0.2, 0) is 0 Å². The molecular formula is C24H18FN9S. The van der Waals surface area contributed by atoms with Gasteiger partial charge in [-0.2, -0.15) is 9.49 Å². The molecule has 5 aromatic heterocycles. The first-order valence-corrected chi connectivity index (χ1v) is 11.9. The molecule has 0 unspecified atom stereocenters. The van der Waals surface area contributed by atoms with Gasteiger partial charge in [0.15, 0.2) is 11.0 Å². The van der Waals surface area contributed by atoms with E-state index in [4.69, 9.17) is 15.7 Å². The zero-order valence-electron chi connectivity index (χ0n) is 18.2. The van der Waals surface area contributed by atoms with E-state index in [9.17, 15) is 4.39 Å². The molecule has 0 amide bonds. The summed E-state index contributed by atoms with van der Waals surface area (Å²) < 4.78 is 13.7. The highest BCUT2D eigenvalue weighted by Crippen LogP contribution is 2.35. The van der Waals surface area contributed by atoms with E-state index in [0.29, 0.717) is 22.9 Å². The van der Waals surface area contributed by atoms with Crippen molar-refractivity contribution in [1.29, 1.82) is 0 Å². The Balaban J connectivity index is 1.31. The number of imidazole rings is 1. The molecule has 4 N–H and O–H groups in total. The number of aromatic amines is 2. The SMILES string of the molecule is NC1CN(c2cncc(-c3cc4c(-c5nc6c(-c7ccc(F)s7)cccc6[nH]5)n[nH]c4cn3)n2)C1. The standard InChI is InChI=1S/C24H18FN9S/c25-20-5-4-19(35-20)13-2-1-3-15-22(13)31-24(30-15)23-14-6-16(28-8-17(14)32-33-23)18-7-27-9-21(29-18)34-10-12(26)11-34/h1-9,12H,10-11,26H2,(H,30,31)(H,32,33). The van der Waals surface area contributed by atoms with Gasteiger partial charge in [0.1, 0.15) is 17.2 Å². The van der Waals surface area contributed by atoms with E-state index in [2.05, 4.69) is 30.0 Å². The van der Waals surface area contributed by atoms with Crippen molar-refractivity contribution >= 4 is 39.1 Å². The Labute approximate surface area is 201 Å². The van der Waals surface area contributed by atoms with E-state index < -0.39 is 0 Å². The summed E-state index contributed by atoms with van der Waals surface area (Å²) in [5.74, 6) is 1.40. The number of aromatic nitrogens is 7. The Bertz CT molecular complexity index is 1710. The summed E-state index contributed by atoms with van der Waals surface area (Å²) in [6.07, 6.45) is 5.17. The molecule has 11 heteroatoms. The monoisotopic (exact) mass is 483 g/mol. The molecule has 1 aliphatic rings. The largest absolute Gasteiger partial charge is 0.352 e. The van der Waals surface area contributed by atoms with E-state index in [0.717, 1.165) is 62.6 Å². The molecule has 7 rings (SSSR count). The number of benzene rings is 1. The van der Waals surface area contributed by atoms with E-state index >= 15 is 0 Å². The maximum absolute atomic E-state index is 13.7. The number of rotatable bonds is 4. The molecular weight excluding hydrogens is 465 g/mol. The summed E-state index contributed by atoms with van der Waals surface area (Å²) in [5, 5.41) is 8.17. The van der Waals surface area contributed by atoms with E-state index in [1.54, 1.807) is 24.7 Å². The number of H-pyrrole nitrogens is 2. The van der Waals surface area contributed by atoms with Crippen molar-refractivity contribution in [3.63, 3.8) is 0 Å². The molecule has 0 saturated carbocycles. The lowest BCUT2D eigenvalue weighted by Gasteiger charge is -2.37. The van der Waals surface area contributed by atoms with Crippen molar-refractivity contribution in [3.05, 3.63) is 60.1 Å². The topological polar surface area (TPSA) is 125 Å². The summed E-state index contributed by atoms with van der Waals surface area (Å²) >= 11 is 1.10.